The van der Waals surface area contributed by atoms with Crippen LogP contribution in [0.1, 0.15) is 20.3 Å². The van der Waals surface area contributed by atoms with Gasteiger partial charge in [0.25, 0.3) is 0 Å². The lowest BCUT2D eigenvalue weighted by Crippen LogP contribution is -2.29. The van der Waals surface area contributed by atoms with Crippen LogP contribution in [0.25, 0.3) is 0 Å². The number of nitrogens with one attached hydrogen (secondary N) is 1. The summed E-state index contributed by atoms with van der Waals surface area (Å²) in [5.74, 6) is 0.0719. The number of nitrogens with zero attached hydrogens (tertiary/aromatic N) is 1. The number of hydrogen-bond donors (Lipinski definition) is 2. The van der Waals surface area contributed by atoms with Gasteiger partial charge in [0.1, 0.15) is 6.23 Å². The van der Waals surface area contributed by atoms with Gasteiger partial charge in [0.2, 0.25) is 0 Å². The van der Waals surface area contributed by atoms with Crippen molar-refractivity contribution in [2.45, 2.75) is 26.5 Å². The van der Waals surface area contributed by atoms with Crippen molar-refractivity contribution >= 4 is 0 Å². The van der Waals surface area contributed by atoms with Gasteiger partial charge in [-0.2, -0.15) is 0 Å². The Morgan fingerprint density at radius 2 is 2.33 bits per heavy atom. The highest BCUT2D eigenvalue weighted by molar-refractivity contribution is 4.56. The van der Waals surface area contributed by atoms with Gasteiger partial charge in [0.05, 0.1) is 5.29 Å². The SMILES string of the molecule is CC[C@@H](C)[C@@H](O)NN=O. The van der Waals surface area contributed by atoms with E-state index in [0.29, 0.717) is 0 Å². The van der Waals surface area contributed by atoms with E-state index in [4.69, 9.17) is 5.11 Å². The molecule has 4 nitrogen and oxygen atoms in total. The molecule has 0 aliphatic rings. The second-order valence-electron chi connectivity index (χ2n) is 2.05. The maximum atomic E-state index is 9.51. The molecule has 0 aliphatic carbocycles. The Labute approximate surface area is 54.2 Å². The first-order valence-electron chi connectivity index (χ1n) is 2.98. The number of aliphatic hydroxyl groups is 1. The van der Waals surface area contributed by atoms with E-state index < -0.39 is 6.23 Å². The highest BCUT2D eigenvalue weighted by Crippen LogP contribution is 2.03. The third-order valence-electron chi connectivity index (χ3n) is 1.37. The summed E-state index contributed by atoms with van der Waals surface area (Å²) in [6.07, 6.45) is 0.0245. The molecule has 2 N–H and O–H groups in total. The first-order chi connectivity index (χ1) is 4.22. The van der Waals surface area contributed by atoms with E-state index in [1.54, 1.807) is 0 Å². The second-order valence-corrected chi connectivity index (χ2v) is 2.05. The molecule has 0 rings (SSSR count). The van der Waals surface area contributed by atoms with E-state index in [2.05, 4.69) is 5.29 Å². The lowest BCUT2D eigenvalue weighted by molar-refractivity contribution is 0.0816. The molecular weight excluding hydrogens is 120 g/mol. The van der Waals surface area contributed by atoms with Gasteiger partial charge in [-0.15, -0.1) is 4.91 Å². The van der Waals surface area contributed by atoms with Crippen LogP contribution in [0, 0.1) is 10.8 Å². The van der Waals surface area contributed by atoms with Crippen LogP contribution in [-0.4, -0.2) is 11.3 Å². The number of hydrogen-bond acceptors (Lipinski definition) is 3. The van der Waals surface area contributed by atoms with E-state index in [1.165, 1.54) is 0 Å². The summed E-state index contributed by atoms with van der Waals surface area (Å²) < 4.78 is 0. The van der Waals surface area contributed by atoms with Crippen LogP contribution < -0.4 is 5.43 Å². The van der Waals surface area contributed by atoms with E-state index >= 15 is 0 Å². The van der Waals surface area contributed by atoms with Gasteiger partial charge in [0.15, 0.2) is 0 Å². The molecule has 0 aromatic heterocycles. The van der Waals surface area contributed by atoms with Crippen molar-refractivity contribution in [2.75, 3.05) is 0 Å². The Kier molecular flexibility index (Phi) is 3.96. The maximum Gasteiger partial charge on any atom is 0.145 e. The van der Waals surface area contributed by atoms with Gasteiger partial charge in [-0.3, -0.25) is 0 Å². The van der Waals surface area contributed by atoms with E-state index in [1.807, 2.05) is 19.3 Å². The molecule has 0 radical (unpaired) electrons. The quantitative estimate of drug-likeness (QED) is 0.335. The summed E-state index contributed by atoms with van der Waals surface area (Å²) in [5, 5.41) is 11.3. The number of rotatable bonds is 4. The van der Waals surface area contributed by atoms with Crippen molar-refractivity contribution in [3.8, 4) is 0 Å². The van der Waals surface area contributed by atoms with Gasteiger partial charge >= 0.3 is 0 Å². The molecule has 0 saturated carbocycles. The van der Waals surface area contributed by atoms with Crippen molar-refractivity contribution in [3.05, 3.63) is 4.91 Å². The van der Waals surface area contributed by atoms with E-state index in [-0.39, 0.29) is 5.92 Å². The van der Waals surface area contributed by atoms with E-state index in [0.717, 1.165) is 6.42 Å². The zero-order chi connectivity index (χ0) is 7.28. The summed E-state index contributed by atoms with van der Waals surface area (Å²) in [5.41, 5.74) is 2.02. The monoisotopic (exact) mass is 132 g/mol. The Hall–Kier alpha value is -0.640. The highest BCUT2D eigenvalue weighted by Gasteiger charge is 2.09. The Morgan fingerprint density at radius 1 is 1.78 bits per heavy atom. The molecule has 54 valence electrons. The molecule has 0 amide bonds. The van der Waals surface area contributed by atoms with Gasteiger partial charge in [-0.25, -0.2) is 5.43 Å². The molecule has 2 atom stereocenters. The molecule has 4 heteroatoms. The maximum absolute atomic E-state index is 9.51. The summed E-state index contributed by atoms with van der Waals surface area (Å²) in [6.45, 7) is 3.77. The van der Waals surface area contributed by atoms with Crippen molar-refractivity contribution in [1.29, 1.82) is 0 Å². The Balaban J connectivity index is 3.44. The molecule has 0 heterocycles. The largest absolute Gasteiger partial charge is 0.372 e. The van der Waals surface area contributed by atoms with Gasteiger partial charge in [-0.1, -0.05) is 13.8 Å². The normalized spacial score (nSPS) is 16.3. The molecular formula is C5H12N2O2. The predicted molar refractivity (Wildman–Crippen MR) is 34.4 cm³/mol. The standard InChI is InChI=1S/C5H12N2O2/c1-3-4(2)5(8)6-7-9/h4-5,8H,3H2,1-2H3,(H,6,9)/t4-,5-/m1/s1. The van der Waals surface area contributed by atoms with Gasteiger partial charge in [-0.05, 0) is 6.42 Å². The van der Waals surface area contributed by atoms with Crippen molar-refractivity contribution in [1.82, 2.24) is 5.43 Å². The van der Waals surface area contributed by atoms with Crippen molar-refractivity contribution < 1.29 is 5.11 Å². The van der Waals surface area contributed by atoms with Crippen LogP contribution in [0.15, 0.2) is 5.29 Å². The van der Waals surface area contributed by atoms with Gasteiger partial charge in [0, 0.05) is 5.92 Å². The highest BCUT2D eigenvalue weighted by atomic mass is 16.3. The average Bonchev–Trinajstić information content (AvgIpc) is 1.87. The average molecular weight is 132 g/mol. The van der Waals surface area contributed by atoms with Crippen LogP contribution in [0.4, 0.5) is 0 Å². The summed E-state index contributed by atoms with van der Waals surface area (Å²) in [6, 6.07) is 0. The molecule has 9 heavy (non-hydrogen) atoms. The zero-order valence-electron chi connectivity index (χ0n) is 5.66. The third-order valence-corrected chi connectivity index (χ3v) is 1.37. The van der Waals surface area contributed by atoms with Crippen molar-refractivity contribution in [2.24, 2.45) is 11.2 Å². The third kappa shape index (κ3) is 3.03. The molecule has 0 aromatic rings. The first kappa shape index (κ1) is 8.36. The molecule has 0 aromatic carbocycles. The van der Waals surface area contributed by atoms with Crippen molar-refractivity contribution in [3.63, 3.8) is 0 Å². The fourth-order valence-corrected chi connectivity index (χ4v) is 0.404. The summed E-state index contributed by atoms with van der Waals surface area (Å²) in [7, 11) is 0. The minimum Gasteiger partial charge on any atom is -0.372 e. The molecule has 0 unspecified atom stereocenters. The summed E-state index contributed by atoms with van der Waals surface area (Å²) in [4.78, 5) is 9.51. The molecule has 0 aliphatic heterocycles. The van der Waals surface area contributed by atoms with Gasteiger partial charge < -0.3 is 5.11 Å². The second kappa shape index (κ2) is 4.26. The zero-order valence-corrected chi connectivity index (χ0v) is 5.66. The minimum absolute atomic E-state index is 0.0719. The summed E-state index contributed by atoms with van der Waals surface area (Å²) >= 11 is 0. The lowest BCUT2D eigenvalue weighted by atomic mass is 10.1. The fraction of sp³-hybridized carbons (Fsp3) is 1.00. The fourth-order valence-electron chi connectivity index (χ4n) is 0.404. The van der Waals surface area contributed by atoms with E-state index in [9.17, 15) is 4.91 Å². The first-order valence-corrected chi connectivity index (χ1v) is 2.98. The Bertz CT molecular complexity index is 87.0. The number of aliphatic hydroxyl groups excluding tert-OH is 1. The predicted octanol–water partition coefficient (Wildman–Crippen LogP) is 0.622. The lowest BCUT2D eigenvalue weighted by Gasteiger charge is -2.13. The topological polar surface area (TPSA) is 61.7 Å². The molecule has 0 saturated heterocycles. The van der Waals surface area contributed by atoms with Crippen LogP contribution >= 0.6 is 0 Å². The molecule has 0 spiro atoms. The van der Waals surface area contributed by atoms with Crippen LogP contribution in [0.5, 0.6) is 0 Å². The van der Waals surface area contributed by atoms with Crippen LogP contribution in [-0.2, 0) is 0 Å². The molecule has 0 bridgehead atoms. The molecule has 0 fully saturated rings. The van der Waals surface area contributed by atoms with Crippen LogP contribution in [0.3, 0.4) is 0 Å². The smallest absolute Gasteiger partial charge is 0.145 e. The Morgan fingerprint density at radius 3 is 2.67 bits per heavy atom. The minimum atomic E-state index is -0.799. The number of nitroso groups, excluding NO2 is 1. The van der Waals surface area contributed by atoms with Crippen LogP contribution in [0.2, 0.25) is 0 Å².